The summed E-state index contributed by atoms with van der Waals surface area (Å²) in [6.45, 7) is 2.42. The van der Waals surface area contributed by atoms with E-state index in [1.54, 1.807) is 29.3 Å². The number of halogens is 1. The van der Waals surface area contributed by atoms with E-state index in [1.807, 2.05) is 13.0 Å². The van der Waals surface area contributed by atoms with Gasteiger partial charge in [-0.3, -0.25) is 4.79 Å². The molecule has 0 saturated heterocycles. The number of hydrogen-bond acceptors (Lipinski definition) is 4. The van der Waals surface area contributed by atoms with E-state index in [4.69, 9.17) is 5.73 Å². The molecule has 0 aliphatic heterocycles. The van der Waals surface area contributed by atoms with Gasteiger partial charge in [0.15, 0.2) is 0 Å². The van der Waals surface area contributed by atoms with Crippen LogP contribution in [-0.2, 0) is 4.79 Å². The number of rotatable bonds is 5. The second-order valence-corrected chi connectivity index (χ2v) is 5.37. The molecular weight excluding hydrogens is 289 g/mol. The van der Waals surface area contributed by atoms with Gasteiger partial charge in [0.1, 0.15) is 11.6 Å². The summed E-state index contributed by atoms with van der Waals surface area (Å²) in [5, 5.41) is 0. The highest BCUT2D eigenvalue weighted by molar-refractivity contribution is 8.00. The Balaban J connectivity index is 2.00. The lowest BCUT2D eigenvalue weighted by atomic mass is 10.3. The second kappa shape index (κ2) is 7.08. The average molecular weight is 305 g/mol. The van der Waals surface area contributed by atoms with Gasteiger partial charge in [0.05, 0.1) is 5.75 Å². The van der Waals surface area contributed by atoms with Gasteiger partial charge in [0.25, 0.3) is 0 Å². The van der Waals surface area contributed by atoms with Crippen molar-refractivity contribution in [3.8, 4) is 0 Å². The van der Waals surface area contributed by atoms with Gasteiger partial charge < -0.3 is 10.6 Å². The molecule has 2 aromatic rings. The standard InChI is InChI=1S/C15H16FN3OS/c1-2-19(12-5-3-11(16)4-6-12)15(20)10-21-13-7-8-14(17)18-9-13/h3-9H,2,10H2,1H3,(H2,17,18). The van der Waals surface area contributed by atoms with Crippen LogP contribution in [0.1, 0.15) is 6.92 Å². The molecule has 0 atom stereocenters. The number of nitrogens with two attached hydrogens (primary N) is 1. The van der Waals surface area contributed by atoms with Gasteiger partial charge in [0.2, 0.25) is 5.91 Å². The highest BCUT2D eigenvalue weighted by Crippen LogP contribution is 2.20. The highest BCUT2D eigenvalue weighted by atomic mass is 32.2. The van der Waals surface area contributed by atoms with Gasteiger partial charge >= 0.3 is 0 Å². The Morgan fingerprint density at radius 1 is 1.29 bits per heavy atom. The number of thioether (sulfide) groups is 1. The van der Waals surface area contributed by atoms with Gasteiger partial charge in [-0.1, -0.05) is 0 Å². The number of benzene rings is 1. The Morgan fingerprint density at radius 2 is 2.00 bits per heavy atom. The lowest BCUT2D eigenvalue weighted by Gasteiger charge is -2.20. The number of anilines is 2. The molecule has 1 amide bonds. The monoisotopic (exact) mass is 305 g/mol. The molecule has 1 heterocycles. The minimum atomic E-state index is -0.315. The molecule has 0 spiro atoms. The van der Waals surface area contributed by atoms with E-state index in [-0.39, 0.29) is 17.5 Å². The molecule has 0 fully saturated rings. The Labute approximate surface area is 127 Å². The molecular formula is C15H16FN3OS. The molecule has 0 aliphatic rings. The first-order valence-corrected chi connectivity index (χ1v) is 7.49. The Bertz CT molecular complexity index is 601. The summed E-state index contributed by atoms with van der Waals surface area (Å²) in [4.78, 5) is 18.8. The van der Waals surface area contributed by atoms with Crippen molar-refractivity contribution >= 4 is 29.2 Å². The van der Waals surface area contributed by atoms with Gasteiger partial charge in [0, 0.05) is 23.3 Å². The lowest BCUT2D eigenvalue weighted by Crippen LogP contribution is -2.32. The normalized spacial score (nSPS) is 10.4. The van der Waals surface area contributed by atoms with Crippen LogP contribution < -0.4 is 10.6 Å². The largest absolute Gasteiger partial charge is 0.384 e. The molecule has 0 bridgehead atoms. The van der Waals surface area contributed by atoms with E-state index in [1.165, 1.54) is 23.9 Å². The van der Waals surface area contributed by atoms with Gasteiger partial charge in [-0.2, -0.15) is 0 Å². The van der Waals surface area contributed by atoms with Crippen molar-refractivity contribution in [2.75, 3.05) is 22.9 Å². The maximum Gasteiger partial charge on any atom is 0.237 e. The molecule has 0 saturated carbocycles. The van der Waals surface area contributed by atoms with Crippen LogP contribution in [0.2, 0.25) is 0 Å². The first-order chi connectivity index (χ1) is 10.1. The predicted molar refractivity (Wildman–Crippen MR) is 83.8 cm³/mol. The third-order valence-electron chi connectivity index (χ3n) is 2.88. The van der Waals surface area contributed by atoms with E-state index in [2.05, 4.69) is 4.98 Å². The summed E-state index contributed by atoms with van der Waals surface area (Å²) in [6.07, 6.45) is 1.64. The second-order valence-electron chi connectivity index (χ2n) is 4.32. The van der Waals surface area contributed by atoms with Crippen molar-refractivity contribution < 1.29 is 9.18 Å². The molecule has 4 nitrogen and oxygen atoms in total. The third kappa shape index (κ3) is 4.19. The van der Waals surface area contributed by atoms with E-state index >= 15 is 0 Å². The number of carbonyl (C=O) groups excluding carboxylic acids is 1. The number of nitrogen functional groups attached to an aromatic ring is 1. The summed E-state index contributed by atoms with van der Waals surface area (Å²) in [5.41, 5.74) is 6.21. The molecule has 6 heteroatoms. The van der Waals surface area contributed by atoms with E-state index in [0.29, 0.717) is 18.1 Å². The SMILES string of the molecule is CCN(C(=O)CSc1ccc(N)nc1)c1ccc(F)cc1. The van der Waals surface area contributed by atoms with Crippen LogP contribution in [0.15, 0.2) is 47.5 Å². The minimum absolute atomic E-state index is 0.0362. The molecule has 2 N–H and O–H groups in total. The molecule has 0 radical (unpaired) electrons. The Hall–Kier alpha value is -2.08. The zero-order valence-corrected chi connectivity index (χ0v) is 12.4. The number of aromatic nitrogens is 1. The fraction of sp³-hybridized carbons (Fsp3) is 0.200. The number of nitrogens with zero attached hydrogens (tertiary/aromatic N) is 2. The Morgan fingerprint density at radius 3 is 2.57 bits per heavy atom. The van der Waals surface area contributed by atoms with E-state index in [9.17, 15) is 9.18 Å². The summed E-state index contributed by atoms with van der Waals surface area (Å²) in [7, 11) is 0. The van der Waals surface area contributed by atoms with Crippen molar-refractivity contribution in [2.24, 2.45) is 0 Å². The van der Waals surface area contributed by atoms with Crippen LogP contribution in [0.3, 0.4) is 0 Å². The molecule has 110 valence electrons. The molecule has 0 unspecified atom stereocenters. The number of hydrogen-bond donors (Lipinski definition) is 1. The van der Waals surface area contributed by atoms with E-state index in [0.717, 1.165) is 4.90 Å². The molecule has 1 aromatic carbocycles. The Kier molecular flexibility index (Phi) is 5.16. The van der Waals surface area contributed by atoms with Crippen LogP contribution >= 0.6 is 11.8 Å². The van der Waals surface area contributed by atoms with E-state index < -0.39 is 0 Å². The highest BCUT2D eigenvalue weighted by Gasteiger charge is 2.14. The van der Waals surface area contributed by atoms with Crippen molar-refractivity contribution in [3.63, 3.8) is 0 Å². The summed E-state index contributed by atoms with van der Waals surface area (Å²) < 4.78 is 12.9. The van der Waals surface area contributed by atoms with Crippen LogP contribution in [-0.4, -0.2) is 23.2 Å². The quantitative estimate of drug-likeness (QED) is 0.863. The van der Waals surface area contributed by atoms with Crippen molar-refractivity contribution in [1.29, 1.82) is 0 Å². The molecule has 2 rings (SSSR count). The summed E-state index contributed by atoms with van der Waals surface area (Å²) >= 11 is 1.40. The van der Waals surface area contributed by atoms with Crippen molar-refractivity contribution in [1.82, 2.24) is 4.98 Å². The number of pyridine rings is 1. The van der Waals surface area contributed by atoms with Gasteiger partial charge in [-0.05, 0) is 43.3 Å². The third-order valence-corrected chi connectivity index (χ3v) is 3.84. The van der Waals surface area contributed by atoms with Gasteiger partial charge in [-0.15, -0.1) is 11.8 Å². The minimum Gasteiger partial charge on any atom is -0.384 e. The van der Waals surface area contributed by atoms with Crippen molar-refractivity contribution in [2.45, 2.75) is 11.8 Å². The maximum absolute atomic E-state index is 12.9. The maximum atomic E-state index is 12.9. The zero-order valence-electron chi connectivity index (χ0n) is 11.6. The molecule has 1 aromatic heterocycles. The van der Waals surface area contributed by atoms with Crippen LogP contribution in [0.25, 0.3) is 0 Å². The molecule has 21 heavy (non-hydrogen) atoms. The summed E-state index contributed by atoms with van der Waals surface area (Å²) in [6, 6.07) is 9.43. The topological polar surface area (TPSA) is 59.2 Å². The van der Waals surface area contributed by atoms with Crippen LogP contribution in [0, 0.1) is 5.82 Å². The first kappa shape index (κ1) is 15.3. The fourth-order valence-corrected chi connectivity index (χ4v) is 2.56. The van der Waals surface area contributed by atoms with Crippen LogP contribution in [0.5, 0.6) is 0 Å². The average Bonchev–Trinajstić information content (AvgIpc) is 2.49. The first-order valence-electron chi connectivity index (χ1n) is 6.50. The number of amides is 1. The smallest absolute Gasteiger partial charge is 0.237 e. The van der Waals surface area contributed by atoms with Crippen LogP contribution in [0.4, 0.5) is 15.9 Å². The molecule has 0 aliphatic carbocycles. The predicted octanol–water partition coefficient (Wildman–Crippen LogP) is 2.95. The number of carbonyl (C=O) groups is 1. The van der Waals surface area contributed by atoms with Crippen molar-refractivity contribution in [3.05, 3.63) is 48.4 Å². The zero-order chi connectivity index (χ0) is 15.2. The fourth-order valence-electron chi connectivity index (χ4n) is 1.82. The summed E-state index contributed by atoms with van der Waals surface area (Å²) in [5.74, 6) is 0.388. The van der Waals surface area contributed by atoms with Gasteiger partial charge in [-0.25, -0.2) is 9.37 Å². The lowest BCUT2D eigenvalue weighted by molar-refractivity contribution is -0.116.